The SMILES string of the molecule is CC1(F)Oc2ccc(N3CCCC3c3csc(NC(=O)c4cccn4Cc4ccncc4)n3)cc2O1. The Morgan fingerprint density at radius 1 is 1.22 bits per heavy atom. The van der Waals surface area contributed by atoms with Crippen LogP contribution in [0.4, 0.5) is 15.2 Å². The third-order valence-corrected chi connectivity index (χ3v) is 7.12. The third kappa shape index (κ3) is 4.39. The van der Waals surface area contributed by atoms with Crippen molar-refractivity contribution in [1.82, 2.24) is 14.5 Å². The Bertz CT molecular complexity index is 1400. The van der Waals surface area contributed by atoms with E-state index < -0.39 is 6.04 Å². The first-order chi connectivity index (χ1) is 17.4. The number of fused-ring (bicyclic) bond motifs is 1. The van der Waals surface area contributed by atoms with Gasteiger partial charge in [0.25, 0.3) is 5.91 Å². The van der Waals surface area contributed by atoms with E-state index >= 15 is 0 Å². The Balaban J connectivity index is 1.16. The number of benzene rings is 1. The van der Waals surface area contributed by atoms with Crippen LogP contribution in [0.25, 0.3) is 0 Å². The fraction of sp³-hybridized carbons (Fsp3) is 0.269. The summed E-state index contributed by atoms with van der Waals surface area (Å²) in [5.74, 6) is 0.583. The number of nitrogens with zero attached hydrogens (tertiary/aromatic N) is 4. The van der Waals surface area contributed by atoms with E-state index in [2.05, 4.69) is 15.2 Å². The zero-order valence-electron chi connectivity index (χ0n) is 19.6. The van der Waals surface area contributed by atoms with Crippen LogP contribution in [0.5, 0.6) is 11.5 Å². The Morgan fingerprint density at radius 2 is 2.06 bits per heavy atom. The minimum Gasteiger partial charge on any atom is -0.423 e. The van der Waals surface area contributed by atoms with Gasteiger partial charge in [-0.3, -0.25) is 15.1 Å². The Morgan fingerprint density at radius 3 is 2.92 bits per heavy atom. The Labute approximate surface area is 211 Å². The molecule has 3 aromatic heterocycles. The van der Waals surface area contributed by atoms with E-state index in [-0.39, 0.29) is 11.9 Å². The van der Waals surface area contributed by atoms with Crippen molar-refractivity contribution in [2.45, 2.75) is 38.4 Å². The molecule has 6 rings (SSSR count). The van der Waals surface area contributed by atoms with Gasteiger partial charge in [-0.05, 0) is 54.8 Å². The summed E-state index contributed by atoms with van der Waals surface area (Å²) in [5.41, 5.74) is 3.44. The molecule has 2 unspecified atom stereocenters. The van der Waals surface area contributed by atoms with Gasteiger partial charge in [-0.15, -0.1) is 11.3 Å². The summed E-state index contributed by atoms with van der Waals surface area (Å²) in [6.07, 6.45) is 7.30. The first-order valence-corrected chi connectivity index (χ1v) is 12.6. The monoisotopic (exact) mass is 505 g/mol. The van der Waals surface area contributed by atoms with Crippen LogP contribution < -0.4 is 19.7 Å². The van der Waals surface area contributed by atoms with Gasteiger partial charge in [-0.1, -0.05) is 0 Å². The second kappa shape index (κ2) is 8.94. The smallest absolute Gasteiger partial charge is 0.404 e. The molecule has 0 saturated carbocycles. The van der Waals surface area contributed by atoms with Crippen molar-refractivity contribution in [2.24, 2.45) is 0 Å². The number of alkyl halides is 1. The molecule has 1 fully saturated rings. The number of thiazole rings is 1. The average molecular weight is 506 g/mol. The summed E-state index contributed by atoms with van der Waals surface area (Å²) in [6, 6.07) is 10.9. The van der Waals surface area contributed by atoms with Crippen LogP contribution in [0.15, 0.2) is 66.4 Å². The number of pyridine rings is 1. The van der Waals surface area contributed by atoms with E-state index in [1.165, 1.54) is 18.3 Å². The minimum absolute atomic E-state index is 0.0552. The lowest BCUT2D eigenvalue weighted by atomic mass is 10.1. The molecule has 8 nitrogen and oxygen atoms in total. The van der Waals surface area contributed by atoms with Gasteiger partial charge in [-0.25, -0.2) is 4.98 Å². The van der Waals surface area contributed by atoms with Gasteiger partial charge in [0.1, 0.15) is 5.69 Å². The largest absolute Gasteiger partial charge is 0.423 e. The number of halogens is 1. The van der Waals surface area contributed by atoms with Crippen LogP contribution in [0.2, 0.25) is 0 Å². The number of hydrogen-bond donors (Lipinski definition) is 1. The van der Waals surface area contributed by atoms with Gasteiger partial charge < -0.3 is 18.9 Å². The number of amides is 1. The molecule has 5 heterocycles. The fourth-order valence-corrected chi connectivity index (χ4v) is 5.49. The van der Waals surface area contributed by atoms with Gasteiger partial charge in [0.2, 0.25) is 0 Å². The highest BCUT2D eigenvalue weighted by atomic mass is 32.1. The van der Waals surface area contributed by atoms with Crippen molar-refractivity contribution < 1.29 is 18.7 Å². The summed E-state index contributed by atoms with van der Waals surface area (Å²) in [7, 11) is 0. The van der Waals surface area contributed by atoms with Gasteiger partial charge >= 0.3 is 6.04 Å². The zero-order valence-corrected chi connectivity index (χ0v) is 20.4. The number of aromatic nitrogens is 3. The minimum atomic E-state index is -2.15. The Hall–Kier alpha value is -3.92. The van der Waals surface area contributed by atoms with Crippen LogP contribution in [-0.2, 0) is 6.54 Å². The lowest BCUT2D eigenvalue weighted by Crippen LogP contribution is -2.27. The van der Waals surface area contributed by atoms with Crippen LogP contribution >= 0.6 is 11.3 Å². The number of carbonyl (C=O) groups is 1. The van der Waals surface area contributed by atoms with Crippen molar-refractivity contribution >= 4 is 28.1 Å². The highest BCUT2D eigenvalue weighted by Crippen LogP contribution is 2.45. The van der Waals surface area contributed by atoms with Gasteiger partial charge in [0.15, 0.2) is 16.6 Å². The van der Waals surface area contributed by atoms with Crippen molar-refractivity contribution in [3.05, 3.63) is 83.4 Å². The second-order valence-electron chi connectivity index (χ2n) is 8.93. The highest BCUT2D eigenvalue weighted by Gasteiger charge is 2.38. The molecule has 2 atom stereocenters. The lowest BCUT2D eigenvalue weighted by Gasteiger charge is -2.25. The van der Waals surface area contributed by atoms with E-state index in [0.29, 0.717) is 28.9 Å². The van der Waals surface area contributed by atoms with Gasteiger partial charge in [0.05, 0.1) is 11.7 Å². The van der Waals surface area contributed by atoms with Crippen LogP contribution in [0.1, 0.15) is 47.6 Å². The normalized spacial score (nSPS) is 20.6. The third-order valence-electron chi connectivity index (χ3n) is 6.34. The molecule has 2 aliphatic rings. The van der Waals surface area contributed by atoms with E-state index in [1.54, 1.807) is 24.5 Å². The average Bonchev–Trinajstić information content (AvgIpc) is 3.64. The molecular formula is C26H24FN5O3S. The molecular weight excluding hydrogens is 481 g/mol. The molecule has 1 N–H and O–H groups in total. The van der Waals surface area contributed by atoms with Crippen molar-refractivity contribution in [1.29, 1.82) is 0 Å². The number of rotatable bonds is 6. The predicted molar refractivity (Wildman–Crippen MR) is 134 cm³/mol. The van der Waals surface area contributed by atoms with E-state index in [1.807, 2.05) is 46.5 Å². The zero-order chi connectivity index (χ0) is 24.7. The van der Waals surface area contributed by atoms with Crippen LogP contribution in [0.3, 0.4) is 0 Å². The quantitative estimate of drug-likeness (QED) is 0.378. The summed E-state index contributed by atoms with van der Waals surface area (Å²) >= 11 is 1.41. The Kier molecular flexibility index (Phi) is 5.60. The van der Waals surface area contributed by atoms with Gasteiger partial charge in [-0.2, -0.15) is 4.39 Å². The molecule has 4 aromatic rings. The molecule has 1 saturated heterocycles. The first-order valence-electron chi connectivity index (χ1n) is 11.7. The van der Waals surface area contributed by atoms with Crippen LogP contribution in [-0.4, -0.2) is 33.0 Å². The molecule has 184 valence electrons. The first kappa shape index (κ1) is 22.5. The van der Waals surface area contributed by atoms with E-state index in [9.17, 15) is 9.18 Å². The van der Waals surface area contributed by atoms with Crippen LogP contribution in [0, 0.1) is 0 Å². The molecule has 1 amide bonds. The fourth-order valence-electron chi connectivity index (χ4n) is 4.74. The topological polar surface area (TPSA) is 81.5 Å². The van der Waals surface area contributed by atoms with E-state index in [4.69, 9.17) is 14.5 Å². The molecule has 36 heavy (non-hydrogen) atoms. The maximum Gasteiger partial charge on any atom is 0.404 e. The number of hydrogen-bond acceptors (Lipinski definition) is 7. The maximum atomic E-state index is 14.1. The van der Waals surface area contributed by atoms with Crippen molar-refractivity contribution in [3.63, 3.8) is 0 Å². The lowest BCUT2D eigenvalue weighted by molar-refractivity contribution is -0.173. The number of nitrogens with one attached hydrogen (secondary N) is 1. The number of carbonyl (C=O) groups excluding carboxylic acids is 1. The van der Waals surface area contributed by atoms with Gasteiger partial charge in [0, 0.05) is 55.7 Å². The second-order valence-corrected chi connectivity index (χ2v) is 9.79. The molecule has 0 spiro atoms. The molecule has 0 aliphatic carbocycles. The molecule has 2 aliphatic heterocycles. The number of anilines is 2. The predicted octanol–water partition coefficient (Wildman–Crippen LogP) is 5.40. The summed E-state index contributed by atoms with van der Waals surface area (Å²) < 4.78 is 26.5. The molecule has 1 aromatic carbocycles. The maximum absolute atomic E-state index is 14.1. The van der Waals surface area contributed by atoms with Crippen molar-refractivity contribution in [3.8, 4) is 11.5 Å². The van der Waals surface area contributed by atoms with Crippen molar-refractivity contribution in [2.75, 3.05) is 16.8 Å². The summed E-state index contributed by atoms with van der Waals surface area (Å²) in [4.78, 5) is 24.0. The molecule has 0 bridgehead atoms. The standard InChI is InChI=1S/C26H24FN5O3S/c1-26(27)34-22-7-6-18(14-23(22)35-26)32-13-3-4-20(32)19-16-36-25(29-19)30-24(33)21-5-2-12-31(21)15-17-8-10-28-11-9-17/h2,5-12,14,16,20H,3-4,13,15H2,1H3,(H,29,30,33). The molecule has 0 radical (unpaired) electrons. The number of ether oxygens (including phenoxy) is 2. The van der Waals surface area contributed by atoms with E-state index in [0.717, 1.165) is 36.3 Å². The summed E-state index contributed by atoms with van der Waals surface area (Å²) in [5, 5.41) is 5.49. The highest BCUT2D eigenvalue weighted by molar-refractivity contribution is 7.14. The molecule has 10 heteroatoms. The summed E-state index contributed by atoms with van der Waals surface area (Å²) in [6.45, 7) is 2.67.